The second kappa shape index (κ2) is 11.4. The van der Waals surface area contributed by atoms with Gasteiger partial charge in [-0.25, -0.2) is 18.7 Å². The number of nitriles is 1. The van der Waals surface area contributed by atoms with Gasteiger partial charge in [-0.2, -0.15) is 5.26 Å². The molecule has 0 bridgehead atoms. The van der Waals surface area contributed by atoms with Crippen LogP contribution in [0.25, 0.3) is 38.2 Å². The molecule has 1 fully saturated rings. The van der Waals surface area contributed by atoms with Crippen LogP contribution >= 0.6 is 11.3 Å². The van der Waals surface area contributed by atoms with Crippen molar-refractivity contribution in [2.75, 3.05) is 36.8 Å². The molecule has 0 radical (unpaired) electrons. The number of carbonyl (C=O) groups is 1. The Morgan fingerprint density at radius 3 is 2.53 bits per heavy atom. The molecule has 228 valence electrons. The number of pyridine rings is 3. The van der Waals surface area contributed by atoms with Gasteiger partial charge in [0.1, 0.15) is 29.0 Å². The van der Waals surface area contributed by atoms with E-state index in [1.165, 1.54) is 28.8 Å². The number of halogens is 2. The highest BCUT2D eigenvalue weighted by Gasteiger charge is 2.30. The fourth-order valence-electron chi connectivity index (χ4n) is 5.84. The number of aryl methyl sites for hydroxylation is 1. The molecule has 1 aromatic carbocycles. The third-order valence-corrected chi connectivity index (χ3v) is 8.86. The summed E-state index contributed by atoms with van der Waals surface area (Å²) < 4.78 is 32.4. The Hall–Kier alpha value is -5.22. The third-order valence-electron chi connectivity index (χ3n) is 7.96. The maximum atomic E-state index is 16.3. The number of piperazine rings is 1. The first-order chi connectivity index (χ1) is 21.5. The van der Waals surface area contributed by atoms with Gasteiger partial charge in [-0.1, -0.05) is 31.8 Å². The highest BCUT2D eigenvalue weighted by Crippen LogP contribution is 2.38. The van der Waals surface area contributed by atoms with Crippen LogP contribution in [0.15, 0.2) is 47.9 Å². The lowest BCUT2D eigenvalue weighted by Gasteiger charge is -2.36. The number of amides is 1. The molecule has 1 aliphatic rings. The lowest BCUT2D eigenvalue weighted by Crippen LogP contribution is -2.49. The lowest BCUT2D eigenvalue weighted by atomic mass is 10.0. The number of nitrogen functional groups attached to an aromatic ring is 1. The minimum atomic E-state index is -0.759. The Kier molecular flexibility index (Phi) is 7.54. The molecule has 0 atom stereocenters. The van der Waals surface area contributed by atoms with E-state index in [9.17, 15) is 19.2 Å². The maximum Gasteiger partial charge on any atom is 0.276 e. The zero-order chi connectivity index (χ0) is 32.2. The van der Waals surface area contributed by atoms with Crippen molar-refractivity contribution >= 4 is 49.3 Å². The monoisotopic (exact) mass is 626 g/mol. The largest absolute Gasteiger partial charge is 0.375 e. The average Bonchev–Trinajstić information content (AvgIpc) is 3.43. The van der Waals surface area contributed by atoms with Crippen LogP contribution in [0.4, 0.5) is 19.6 Å². The van der Waals surface area contributed by atoms with E-state index in [1.807, 2.05) is 20.8 Å². The number of hydrogen-bond donors (Lipinski definition) is 1. The van der Waals surface area contributed by atoms with Crippen LogP contribution in [0.5, 0.6) is 0 Å². The van der Waals surface area contributed by atoms with Gasteiger partial charge < -0.3 is 15.5 Å². The summed E-state index contributed by atoms with van der Waals surface area (Å²) >= 11 is 0.938. The lowest BCUT2D eigenvalue weighted by molar-refractivity contribution is -0.126. The fourth-order valence-corrected chi connectivity index (χ4v) is 6.60. The fraction of sp³-hybridized carbons (Fsp3) is 0.250. The van der Waals surface area contributed by atoms with Gasteiger partial charge in [0.15, 0.2) is 10.8 Å². The van der Waals surface area contributed by atoms with Gasteiger partial charge >= 0.3 is 0 Å². The van der Waals surface area contributed by atoms with Crippen LogP contribution < -0.4 is 16.2 Å². The number of aromatic nitrogens is 4. The van der Waals surface area contributed by atoms with Crippen molar-refractivity contribution in [3.05, 3.63) is 81.9 Å². The molecule has 0 saturated carbocycles. The molecule has 4 aromatic heterocycles. The molecule has 6 rings (SSSR count). The van der Waals surface area contributed by atoms with Crippen LogP contribution in [0.3, 0.4) is 0 Å². The predicted molar refractivity (Wildman–Crippen MR) is 171 cm³/mol. The molecule has 1 aliphatic heterocycles. The normalized spacial score (nSPS) is 13.5. The maximum absolute atomic E-state index is 16.3. The van der Waals surface area contributed by atoms with Crippen LogP contribution in [0.2, 0.25) is 0 Å². The van der Waals surface area contributed by atoms with Crippen LogP contribution in [-0.2, 0) is 4.79 Å². The molecule has 1 saturated heterocycles. The number of rotatable bonds is 5. The first-order valence-corrected chi connectivity index (χ1v) is 15.0. The van der Waals surface area contributed by atoms with Crippen LogP contribution in [0, 0.1) is 29.9 Å². The Bertz CT molecular complexity index is 2140. The van der Waals surface area contributed by atoms with Crippen LogP contribution in [0.1, 0.15) is 36.6 Å². The topological polar surface area (TPSA) is 134 Å². The first kappa shape index (κ1) is 29.8. The molecule has 5 heterocycles. The minimum Gasteiger partial charge on any atom is -0.375 e. The number of thiazole rings is 1. The summed E-state index contributed by atoms with van der Waals surface area (Å²) in [6.07, 6.45) is 2.88. The minimum absolute atomic E-state index is 0.0914. The number of carbonyl (C=O) groups excluding carboxylic acids is 1. The molecule has 0 aliphatic carbocycles. The van der Waals surface area contributed by atoms with Crippen molar-refractivity contribution in [3.8, 4) is 23.0 Å². The highest BCUT2D eigenvalue weighted by atomic mass is 32.1. The Labute approximate surface area is 260 Å². The van der Waals surface area contributed by atoms with Crippen molar-refractivity contribution in [1.29, 1.82) is 5.26 Å². The van der Waals surface area contributed by atoms with Gasteiger partial charge in [-0.3, -0.25) is 19.1 Å². The van der Waals surface area contributed by atoms with E-state index in [2.05, 4.69) is 22.6 Å². The summed E-state index contributed by atoms with van der Waals surface area (Å²) in [6, 6.07) is 7.65. The number of nitrogens with two attached hydrogens (primary N) is 1. The number of nitrogens with zero attached hydrogens (tertiary/aromatic N) is 7. The van der Waals surface area contributed by atoms with E-state index in [4.69, 9.17) is 10.7 Å². The standard InChI is InChI=1S/C32H28F2N8O2S/c1-5-23(43)40-10-12-41(13-11-40)28-19-14-22(34)25(18-6-7-21(33)29-26(18)39-32(36)45-29)38-30(19)42(31(44)20(28)15-35)27-17(4)8-9-37-24(27)16(2)3/h5-9,14,16H,1,10-13H2,2-4H3,(H2,36,39). The number of anilines is 2. The van der Waals surface area contributed by atoms with Gasteiger partial charge in [0, 0.05) is 43.3 Å². The average molecular weight is 627 g/mol. The summed E-state index contributed by atoms with van der Waals surface area (Å²) in [4.78, 5) is 43.6. The van der Waals surface area contributed by atoms with Crippen molar-refractivity contribution in [1.82, 2.24) is 24.4 Å². The smallest absolute Gasteiger partial charge is 0.276 e. The van der Waals surface area contributed by atoms with E-state index in [1.54, 1.807) is 22.1 Å². The van der Waals surface area contributed by atoms with Gasteiger partial charge in [-0.15, -0.1) is 0 Å². The summed E-state index contributed by atoms with van der Waals surface area (Å²) in [5, 5.41) is 10.7. The second-order valence-corrected chi connectivity index (χ2v) is 12.1. The number of benzene rings is 1. The number of hydrogen-bond acceptors (Lipinski definition) is 9. The van der Waals surface area contributed by atoms with E-state index < -0.39 is 17.2 Å². The van der Waals surface area contributed by atoms with E-state index in [0.717, 1.165) is 11.3 Å². The zero-order valence-corrected chi connectivity index (χ0v) is 25.6. The van der Waals surface area contributed by atoms with Crippen LogP contribution in [-0.4, -0.2) is 56.5 Å². The third kappa shape index (κ3) is 4.87. The van der Waals surface area contributed by atoms with Crippen molar-refractivity contribution < 1.29 is 13.6 Å². The van der Waals surface area contributed by atoms with E-state index in [-0.39, 0.29) is 73.8 Å². The highest BCUT2D eigenvalue weighted by molar-refractivity contribution is 7.22. The molecular formula is C32H28F2N8O2S. The van der Waals surface area contributed by atoms with Gasteiger partial charge in [0.25, 0.3) is 5.56 Å². The quantitative estimate of drug-likeness (QED) is 0.268. The molecule has 45 heavy (non-hydrogen) atoms. The van der Waals surface area contributed by atoms with Gasteiger partial charge in [0.2, 0.25) is 5.91 Å². The molecule has 13 heteroatoms. The number of fused-ring (bicyclic) bond motifs is 2. The van der Waals surface area contributed by atoms with Crippen molar-refractivity contribution in [2.45, 2.75) is 26.7 Å². The molecule has 0 unspecified atom stereocenters. The second-order valence-electron chi connectivity index (χ2n) is 11.0. The van der Waals surface area contributed by atoms with Crippen molar-refractivity contribution in [2.24, 2.45) is 0 Å². The summed E-state index contributed by atoms with van der Waals surface area (Å²) in [6.45, 7) is 10.4. The zero-order valence-electron chi connectivity index (χ0n) is 24.8. The molecule has 2 N–H and O–H groups in total. The summed E-state index contributed by atoms with van der Waals surface area (Å²) in [5.41, 5.74) is 7.32. The van der Waals surface area contributed by atoms with E-state index >= 15 is 4.39 Å². The Morgan fingerprint density at radius 1 is 1.13 bits per heavy atom. The molecular weight excluding hydrogens is 598 g/mol. The first-order valence-electron chi connectivity index (χ1n) is 14.2. The van der Waals surface area contributed by atoms with Crippen molar-refractivity contribution in [3.63, 3.8) is 0 Å². The molecule has 0 spiro atoms. The molecule has 1 amide bonds. The molecule has 5 aromatic rings. The Balaban J connectivity index is 1.71. The predicted octanol–water partition coefficient (Wildman–Crippen LogP) is 5.06. The van der Waals surface area contributed by atoms with Gasteiger partial charge in [-0.05, 0) is 48.7 Å². The van der Waals surface area contributed by atoms with Gasteiger partial charge in [0.05, 0.1) is 27.3 Å². The Morgan fingerprint density at radius 2 is 1.87 bits per heavy atom. The SMILES string of the molecule is C=CC(=O)N1CCN(c2c(C#N)c(=O)n(-c3c(C)ccnc3C(C)C)c3nc(-c4ccc(F)c5sc(N)nc45)c(F)cc23)CC1. The van der Waals surface area contributed by atoms with E-state index in [0.29, 0.717) is 30.0 Å². The molecule has 10 nitrogen and oxygen atoms in total. The summed E-state index contributed by atoms with van der Waals surface area (Å²) in [7, 11) is 0. The summed E-state index contributed by atoms with van der Waals surface area (Å²) in [5.74, 6) is -1.65.